The lowest BCUT2D eigenvalue weighted by molar-refractivity contribution is -0.133. The number of hydrogen-bond donors (Lipinski definition) is 2. The Labute approximate surface area is 108 Å². The van der Waals surface area contributed by atoms with Crippen molar-refractivity contribution in [2.24, 2.45) is 0 Å². The van der Waals surface area contributed by atoms with Crippen molar-refractivity contribution >= 4 is 5.91 Å². The molecule has 1 aromatic rings. The summed E-state index contributed by atoms with van der Waals surface area (Å²) >= 11 is 0. The van der Waals surface area contributed by atoms with Crippen molar-refractivity contribution in [3.8, 4) is 0 Å². The smallest absolute Gasteiger partial charge is 0.224 e. The van der Waals surface area contributed by atoms with Crippen molar-refractivity contribution in [3.05, 3.63) is 24.0 Å². The van der Waals surface area contributed by atoms with Gasteiger partial charge in [-0.05, 0) is 18.1 Å². The van der Waals surface area contributed by atoms with Gasteiger partial charge in [0.1, 0.15) is 0 Å². The van der Waals surface area contributed by atoms with Crippen LogP contribution in [0.3, 0.4) is 0 Å². The molecule has 1 saturated heterocycles. The van der Waals surface area contributed by atoms with Crippen LogP contribution in [0.25, 0.3) is 0 Å². The number of likely N-dealkylation sites (N-methyl/N-ethyl adjacent to an activating group) is 1. The molecule has 0 spiro atoms. The van der Waals surface area contributed by atoms with E-state index in [2.05, 4.69) is 10.3 Å². The molecule has 1 aliphatic rings. The molecule has 0 aliphatic carbocycles. The van der Waals surface area contributed by atoms with Crippen LogP contribution in [0.1, 0.15) is 12.0 Å². The van der Waals surface area contributed by atoms with Gasteiger partial charge in [0.15, 0.2) is 0 Å². The number of H-pyrrole nitrogens is 1. The topological polar surface area (TPSA) is 57.4 Å². The maximum absolute atomic E-state index is 12.0. The first-order valence-corrected chi connectivity index (χ1v) is 6.43. The van der Waals surface area contributed by atoms with E-state index in [1.54, 1.807) is 4.90 Å². The Kier molecular flexibility index (Phi) is 4.78. The highest BCUT2D eigenvalue weighted by atomic mass is 16.5. The molecule has 18 heavy (non-hydrogen) atoms. The fourth-order valence-electron chi connectivity index (χ4n) is 2.04. The van der Waals surface area contributed by atoms with Gasteiger partial charge in [-0.3, -0.25) is 4.79 Å². The predicted molar refractivity (Wildman–Crippen MR) is 69.4 cm³/mol. The molecule has 2 heterocycles. The summed E-state index contributed by atoms with van der Waals surface area (Å²) in [7, 11) is 1.85. The van der Waals surface area contributed by atoms with Crippen molar-refractivity contribution in [1.82, 2.24) is 15.2 Å². The highest BCUT2D eigenvalue weighted by Gasteiger charge is 2.19. The zero-order chi connectivity index (χ0) is 12.8. The number of hydrogen-bond acceptors (Lipinski definition) is 3. The third-order valence-electron chi connectivity index (χ3n) is 3.23. The number of morpholine rings is 1. The van der Waals surface area contributed by atoms with E-state index in [-0.39, 0.29) is 12.0 Å². The fraction of sp³-hybridized carbons (Fsp3) is 0.615. The number of nitrogens with one attached hydrogen (secondary N) is 2. The second kappa shape index (κ2) is 6.56. The van der Waals surface area contributed by atoms with E-state index in [1.165, 1.54) is 5.56 Å². The lowest BCUT2D eigenvalue weighted by Crippen LogP contribution is -2.42. The van der Waals surface area contributed by atoms with E-state index in [1.807, 2.05) is 25.5 Å². The first kappa shape index (κ1) is 13.1. The first-order chi connectivity index (χ1) is 8.75. The third kappa shape index (κ3) is 3.85. The highest BCUT2D eigenvalue weighted by Crippen LogP contribution is 2.05. The van der Waals surface area contributed by atoms with E-state index >= 15 is 0 Å². The Bertz CT molecular complexity index is 358. The summed E-state index contributed by atoms with van der Waals surface area (Å²) in [6.45, 7) is 3.10. The van der Waals surface area contributed by atoms with Gasteiger partial charge >= 0.3 is 0 Å². The first-order valence-electron chi connectivity index (χ1n) is 6.43. The summed E-state index contributed by atoms with van der Waals surface area (Å²) in [5.74, 6) is 0.152. The third-order valence-corrected chi connectivity index (χ3v) is 3.23. The number of ether oxygens (including phenoxy) is 1. The molecule has 1 aliphatic heterocycles. The number of aromatic amines is 1. The van der Waals surface area contributed by atoms with Crippen LogP contribution in [0.4, 0.5) is 0 Å². The van der Waals surface area contributed by atoms with E-state index in [9.17, 15) is 4.79 Å². The molecule has 5 heteroatoms. The number of carbonyl (C=O) groups excluding carboxylic acids is 1. The molecule has 0 bridgehead atoms. The Morgan fingerprint density at radius 3 is 3.17 bits per heavy atom. The monoisotopic (exact) mass is 251 g/mol. The summed E-state index contributed by atoms with van der Waals surface area (Å²) < 4.78 is 5.53. The molecular weight excluding hydrogens is 230 g/mol. The molecule has 2 N–H and O–H groups in total. The molecular formula is C13H21N3O2. The van der Waals surface area contributed by atoms with Crippen LogP contribution in [0.2, 0.25) is 0 Å². The molecule has 1 unspecified atom stereocenters. The van der Waals surface area contributed by atoms with Crippen LogP contribution in [0.15, 0.2) is 18.5 Å². The Balaban J connectivity index is 1.70. The van der Waals surface area contributed by atoms with Crippen molar-refractivity contribution in [2.45, 2.75) is 18.9 Å². The van der Waals surface area contributed by atoms with Crippen LogP contribution in [-0.2, 0) is 16.0 Å². The molecule has 0 radical (unpaired) electrons. The number of amides is 1. The summed E-state index contributed by atoms with van der Waals surface area (Å²) in [6.07, 6.45) is 5.25. The maximum Gasteiger partial charge on any atom is 0.224 e. The minimum absolute atomic E-state index is 0.0287. The lowest BCUT2D eigenvalue weighted by atomic mass is 10.2. The summed E-state index contributed by atoms with van der Waals surface area (Å²) in [5, 5.41) is 3.23. The van der Waals surface area contributed by atoms with E-state index in [4.69, 9.17) is 4.74 Å². The Morgan fingerprint density at radius 1 is 1.61 bits per heavy atom. The van der Waals surface area contributed by atoms with Gasteiger partial charge in [0, 0.05) is 39.1 Å². The van der Waals surface area contributed by atoms with Crippen LogP contribution in [-0.4, -0.2) is 55.2 Å². The van der Waals surface area contributed by atoms with Crippen LogP contribution < -0.4 is 5.32 Å². The van der Waals surface area contributed by atoms with Gasteiger partial charge in [-0.1, -0.05) is 0 Å². The van der Waals surface area contributed by atoms with Crippen molar-refractivity contribution in [3.63, 3.8) is 0 Å². The van der Waals surface area contributed by atoms with Gasteiger partial charge in [0.25, 0.3) is 0 Å². The summed E-state index contributed by atoms with van der Waals surface area (Å²) in [5.41, 5.74) is 1.23. The van der Waals surface area contributed by atoms with Gasteiger partial charge < -0.3 is 19.9 Å². The quantitative estimate of drug-likeness (QED) is 0.796. The molecule has 1 atom stereocenters. The van der Waals surface area contributed by atoms with Crippen LogP contribution in [0, 0.1) is 0 Å². The molecule has 1 aromatic heterocycles. The molecule has 100 valence electrons. The SMILES string of the molecule is CN(CCc1cc[nH]c1)C(=O)CC1CNCCO1. The summed E-state index contributed by atoms with van der Waals surface area (Å²) in [6, 6.07) is 2.03. The zero-order valence-electron chi connectivity index (χ0n) is 10.8. The minimum Gasteiger partial charge on any atom is -0.375 e. The Hall–Kier alpha value is -1.33. The van der Waals surface area contributed by atoms with Crippen molar-refractivity contribution in [2.75, 3.05) is 33.3 Å². The largest absolute Gasteiger partial charge is 0.375 e. The van der Waals surface area contributed by atoms with Crippen LogP contribution >= 0.6 is 0 Å². The number of aromatic nitrogens is 1. The molecule has 5 nitrogen and oxygen atoms in total. The van der Waals surface area contributed by atoms with Gasteiger partial charge in [-0.15, -0.1) is 0 Å². The van der Waals surface area contributed by atoms with Crippen molar-refractivity contribution in [1.29, 1.82) is 0 Å². The van der Waals surface area contributed by atoms with E-state index in [0.29, 0.717) is 13.0 Å². The Morgan fingerprint density at radius 2 is 2.50 bits per heavy atom. The van der Waals surface area contributed by atoms with Crippen LogP contribution in [0.5, 0.6) is 0 Å². The number of nitrogens with zero attached hydrogens (tertiary/aromatic N) is 1. The fourth-order valence-corrected chi connectivity index (χ4v) is 2.04. The zero-order valence-corrected chi connectivity index (χ0v) is 10.8. The maximum atomic E-state index is 12.0. The molecule has 2 rings (SSSR count). The van der Waals surface area contributed by atoms with Gasteiger partial charge in [-0.25, -0.2) is 0 Å². The van der Waals surface area contributed by atoms with E-state index in [0.717, 1.165) is 26.1 Å². The minimum atomic E-state index is 0.0287. The van der Waals surface area contributed by atoms with Gasteiger partial charge in [0.05, 0.1) is 19.1 Å². The lowest BCUT2D eigenvalue weighted by Gasteiger charge is -2.25. The second-order valence-corrected chi connectivity index (χ2v) is 4.69. The van der Waals surface area contributed by atoms with Gasteiger partial charge in [0.2, 0.25) is 5.91 Å². The normalized spacial score (nSPS) is 19.7. The molecule has 1 amide bonds. The predicted octanol–water partition coefficient (Wildman–Crippen LogP) is 0.394. The number of carbonyl (C=O) groups is 1. The van der Waals surface area contributed by atoms with Gasteiger partial charge in [-0.2, -0.15) is 0 Å². The van der Waals surface area contributed by atoms with Crippen molar-refractivity contribution < 1.29 is 9.53 Å². The van der Waals surface area contributed by atoms with E-state index < -0.39 is 0 Å². The average Bonchev–Trinajstić information content (AvgIpc) is 2.90. The molecule has 1 fully saturated rings. The highest BCUT2D eigenvalue weighted by molar-refractivity contribution is 5.76. The standard InChI is InChI=1S/C13H21N3O2/c1-16(6-3-11-2-4-14-9-11)13(17)8-12-10-15-5-7-18-12/h2,4,9,12,14-15H,3,5-8,10H2,1H3. The molecule has 0 saturated carbocycles. The second-order valence-electron chi connectivity index (χ2n) is 4.69. The molecule has 0 aromatic carbocycles. The summed E-state index contributed by atoms with van der Waals surface area (Å²) in [4.78, 5) is 16.8. The number of rotatable bonds is 5. The average molecular weight is 251 g/mol.